The number of rotatable bonds is 0. The molecule has 4 rings (SSSR count). The van der Waals surface area contributed by atoms with Crippen molar-refractivity contribution >= 4 is 60.2 Å². The van der Waals surface area contributed by atoms with Crippen LogP contribution in [-0.4, -0.2) is 0 Å². The fraction of sp³-hybridized carbons (Fsp3) is 0. The largest absolute Gasteiger partial charge is 0.455 e. The van der Waals surface area contributed by atoms with Crippen molar-refractivity contribution in [3.8, 4) is 0 Å². The van der Waals surface area contributed by atoms with Gasteiger partial charge in [0.25, 0.3) is 0 Å². The SMILES string of the molecule is Clc1cccc2oc3c4ccccc4c(Br)cc3c12. The Morgan fingerprint density at radius 2 is 1.68 bits per heavy atom. The van der Waals surface area contributed by atoms with Crippen molar-refractivity contribution in [2.75, 3.05) is 0 Å². The number of fused-ring (bicyclic) bond motifs is 5. The summed E-state index contributed by atoms with van der Waals surface area (Å²) in [6.45, 7) is 0. The third-order valence-electron chi connectivity index (χ3n) is 3.40. The molecule has 4 aromatic rings. The maximum atomic E-state index is 6.31. The van der Waals surface area contributed by atoms with E-state index in [0.717, 1.165) is 42.2 Å². The number of benzene rings is 3. The highest BCUT2D eigenvalue weighted by molar-refractivity contribution is 9.10. The smallest absolute Gasteiger partial charge is 0.143 e. The molecule has 0 bridgehead atoms. The second kappa shape index (κ2) is 3.99. The molecule has 0 saturated heterocycles. The van der Waals surface area contributed by atoms with Crippen LogP contribution in [0.4, 0.5) is 0 Å². The average Bonchev–Trinajstić information content (AvgIpc) is 2.79. The number of furan rings is 1. The van der Waals surface area contributed by atoms with Crippen LogP contribution in [-0.2, 0) is 0 Å². The van der Waals surface area contributed by atoms with Crippen LogP contribution >= 0.6 is 27.5 Å². The first-order valence-corrected chi connectivity index (χ1v) is 7.11. The molecule has 0 N–H and O–H groups in total. The van der Waals surface area contributed by atoms with Crippen molar-refractivity contribution in [3.05, 3.63) is 58.0 Å². The molecule has 19 heavy (non-hydrogen) atoms. The van der Waals surface area contributed by atoms with Crippen LogP contribution in [0.5, 0.6) is 0 Å². The maximum Gasteiger partial charge on any atom is 0.143 e. The topological polar surface area (TPSA) is 13.1 Å². The molecule has 0 aliphatic rings. The van der Waals surface area contributed by atoms with E-state index in [9.17, 15) is 0 Å². The van der Waals surface area contributed by atoms with Crippen molar-refractivity contribution in [1.82, 2.24) is 0 Å². The molecule has 3 heteroatoms. The Hall–Kier alpha value is -1.51. The van der Waals surface area contributed by atoms with Gasteiger partial charge in [-0.15, -0.1) is 0 Å². The summed E-state index contributed by atoms with van der Waals surface area (Å²) in [6.07, 6.45) is 0. The van der Waals surface area contributed by atoms with Gasteiger partial charge in [0.2, 0.25) is 0 Å². The molecule has 1 heterocycles. The lowest BCUT2D eigenvalue weighted by Crippen LogP contribution is -1.76. The molecule has 0 atom stereocenters. The molecule has 3 aromatic carbocycles. The Morgan fingerprint density at radius 1 is 0.895 bits per heavy atom. The highest BCUT2D eigenvalue weighted by atomic mass is 79.9. The van der Waals surface area contributed by atoms with Gasteiger partial charge in [-0.2, -0.15) is 0 Å². The van der Waals surface area contributed by atoms with Crippen LogP contribution < -0.4 is 0 Å². The van der Waals surface area contributed by atoms with Crippen LogP contribution in [0.25, 0.3) is 32.7 Å². The zero-order valence-electron chi connectivity index (χ0n) is 9.78. The van der Waals surface area contributed by atoms with Gasteiger partial charge in [-0.25, -0.2) is 0 Å². The van der Waals surface area contributed by atoms with Crippen LogP contribution in [0, 0.1) is 0 Å². The molecule has 0 aliphatic heterocycles. The lowest BCUT2D eigenvalue weighted by Gasteiger charge is -2.01. The predicted molar refractivity (Wildman–Crippen MR) is 83.9 cm³/mol. The molecule has 0 aliphatic carbocycles. The highest BCUT2D eigenvalue weighted by Gasteiger charge is 2.14. The lowest BCUT2D eigenvalue weighted by molar-refractivity contribution is 0.672. The summed E-state index contributed by atoms with van der Waals surface area (Å²) in [5.41, 5.74) is 1.72. The maximum absolute atomic E-state index is 6.31. The molecule has 0 saturated carbocycles. The minimum absolute atomic E-state index is 0.721. The summed E-state index contributed by atoms with van der Waals surface area (Å²) in [5.74, 6) is 0. The number of halogens is 2. The second-order valence-corrected chi connectivity index (χ2v) is 5.76. The second-order valence-electron chi connectivity index (χ2n) is 4.50. The summed E-state index contributed by atoms with van der Waals surface area (Å²) in [6, 6.07) is 16.0. The highest BCUT2D eigenvalue weighted by Crippen LogP contribution is 2.40. The molecular formula is C16H8BrClO. The van der Waals surface area contributed by atoms with Gasteiger partial charge in [0.05, 0.1) is 5.02 Å². The summed E-state index contributed by atoms with van der Waals surface area (Å²) in [7, 11) is 0. The standard InChI is InChI=1S/C16H8BrClO/c17-12-8-11-15-13(18)6-3-7-14(15)19-16(11)10-5-2-1-4-9(10)12/h1-8H. The zero-order valence-corrected chi connectivity index (χ0v) is 12.1. The van der Waals surface area contributed by atoms with Crippen LogP contribution in [0.1, 0.15) is 0 Å². The Kier molecular flexibility index (Phi) is 2.38. The van der Waals surface area contributed by atoms with Crippen molar-refractivity contribution < 1.29 is 4.42 Å². The van der Waals surface area contributed by atoms with Gasteiger partial charge in [-0.1, -0.05) is 57.9 Å². The van der Waals surface area contributed by atoms with Gasteiger partial charge in [-0.05, 0) is 23.6 Å². The van der Waals surface area contributed by atoms with Gasteiger partial charge in [-0.3, -0.25) is 0 Å². The Morgan fingerprint density at radius 3 is 2.53 bits per heavy atom. The summed E-state index contributed by atoms with van der Waals surface area (Å²) < 4.78 is 7.05. The number of hydrogen-bond acceptors (Lipinski definition) is 1. The first-order chi connectivity index (χ1) is 9.25. The molecule has 1 aromatic heterocycles. The molecule has 0 fully saturated rings. The normalized spacial score (nSPS) is 11.7. The van der Waals surface area contributed by atoms with Gasteiger partial charge in [0.1, 0.15) is 11.2 Å². The fourth-order valence-corrected chi connectivity index (χ4v) is 3.40. The summed E-state index contributed by atoms with van der Waals surface area (Å²) in [5, 5.41) is 4.99. The van der Waals surface area contributed by atoms with E-state index in [0.29, 0.717) is 0 Å². The Bertz CT molecular complexity index is 940. The van der Waals surface area contributed by atoms with Crippen LogP contribution in [0.3, 0.4) is 0 Å². The van der Waals surface area contributed by atoms with Crippen molar-refractivity contribution in [2.24, 2.45) is 0 Å². The summed E-state index contributed by atoms with van der Waals surface area (Å²) in [4.78, 5) is 0. The van der Waals surface area contributed by atoms with E-state index in [-0.39, 0.29) is 0 Å². The van der Waals surface area contributed by atoms with Gasteiger partial charge in [0, 0.05) is 20.6 Å². The van der Waals surface area contributed by atoms with Crippen molar-refractivity contribution in [3.63, 3.8) is 0 Å². The van der Waals surface area contributed by atoms with E-state index in [1.807, 2.05) is 30.3 Å². The molecular weight excluding hydrogens is 324 g/mol. The summed E-state index contributed by atoms with van der Waals surface area (Å²) >= 11 is 9.93. The Balaban J connectivity index is 2.37. The van der Waals surface area contributed by atoms with Gasteiger partial charge >= 0.3 is 0 Å². The monoisotopic (exact) mass is 330 g/mol. The molecule has 0 spiro atoms. The third-order valence-corrected chi connectivity index (χ3v) is 4.37. The van der Waals surface area contributed by atoms with E-state index in [4.69, 9.17) is 16.0 Å². The average molecular weight is 332 g/mol. The van der Waals surface area contributed by atoms with E-state index in [1.165, 1.54) is 0 Å². The first-order valence-electron chi connectivity index (χ1n) is 5.93. The van der Waals surface area contributed by atoms with E-state index < -0.39 is 0 Å². The number of hydrogen-bond donors (Lipinski definition) is 0. The van der Waals surface area contributed by atoms with Crippen LogP contribution in [0.2, 0.25) is 5.02 Å². The zero-order chi connectivity index (χ0) is 13.0. The van der Waals surface area contributed by atoms with Crippen molar-refractivity contribution in [2.45, 2.75) is 0 Å². The molecule has 0 unspecified atom stereocenters. The fourth-order valence-electron chi connectivity index (χ4n) is 2.56. The molecule has 92 valence electrons. The van der Waals surface area contributed by atoms with Crippen LogP contribution in [0.15, 0.2) is 57.4 Å². The van der Waals surface area contributed by atoms with E-state index in [1.54, 1.807) is 0 Å². The molecule has 1 nitrogen and oxygen atoms in total. The minimum Gasteiger partial charge on any atom is -0.455 e. The van der Waals surface area contributed by atoms with Gasteiger partial charge in [0.15, 0.2) is 0 Å². The third kappa shape index (κ3) is 1.54. The molecule has 0 radical (unpaired) electrons. The van der Waals surface area contributed by atoms with E-state index in [2.05, 4.69) is 34.1 Å². The quantitative estimate of drug-likeness (QED) is 0.376. The Labute approximate surface area is 122 Å². The lowest BCUT2D eigenvalue weighted by atomic mass is 10.1. The van der Waals surface area contributed by atoms with E-state index >= 15 is 0 Å². The van der Waals surface area contributed by atoms with Crippen molar-refractivity contribution in [1.29, 1.82) is 0 Å². The van der Waals surface area contributed by atoms with Gasteiger partial charge < -0.3 is 4.42 Å². The predicted octanol–water partition coefficient (Wildman–Crippen LogP) is 6.16. The first kappa shape index (κ1) is 11.3. The molecule has 0 amide bonds. The minimum atomic E-state index is 0.721.